The van der Waals surface area contributed by atoms with E-state index in [1.54, 1.807) is 66.4 Å². The molecule has 154 valence electrons. The fourth-order valence-corrected chi connectivity index (χ4v) is 4.81. The number of carbonyl (C=O) groups is 2. The molecule has 0 bridgehead atoms. The highest BCUT2D eigenvalue weighted by atomic mass is 35.5. The molecule has 2 amide bonds. The Bertz CT molecular complexity index is 990. The van der Waals surface area contributed by atoms with Crippen LogP contribution in [-0.2, 0) is 14.8 Å². The predicted octanol–water partition coefficient (Wildman–Crippen LogP) is 1.99. The van der Waals surface area contributed by atoms with Crippen molar-refractivity contribution in [3.05, 3.63) is 65.2 Å². The van der Waals surface area contributed by atoms with Gasteiger partial charge >= 0.3 is 0 Å². The lowest BCUT2D eigenvalue weighted by Crippen LogP contribution is -2.55. The van der Waals surface area contributed by atoms with Crippen molar-refractivity contribution in [2.24, 2.45) is 0 Å². The molecule has 1 fully saturated rings. The first-order valence-electron chi connectivity index (χ1n) is 9.20. The quantitative estimate of drug-likeness (QED) is 0.778. The van der Waals surface area contributed by atoms with Crippen molar-refractivity contribution >= 4 is 33.4 Å². The van der Waals surface area contributed by atoms with Gasteiger partial charge in [0.1, 0.15) is 6.04 Å². The zero-order chi connectivity index (χ0) is 21.0. The van der Waals surface area contributed by atoms with E-state index in [2.05, 4.69) is 5.32 Å². The summed E-state index contributed by atoms with van der Waals surface area (Å²) in [6, 6.07) is 14.1. The molecule has 7 nitrogen and oxygen atoms in total. The lowest BCUT2D eigenvalue weighted by atomic mass is 10.2. The average molecular weight is 436 g/mol. The molecule has 1 N–H and O–H groups in total. The van der Waals surface area contributed by atoms with Crippen molar-refractivity contribution in [1.82, 2.24) is 14.5 Å². The first-order chi connectivity index (χ1) is 13.8. The zero-order valence-electron chi connectivity index (χ0n) is 15.9. The highest BCUT2D eigenvalue weighted by Gasteiger charge is 2.31. The number of amides is 2. The van der Waals surface area contributed by atoms with Crippen LogP contribution in [0.15, 0.2) is 59.5 Å². The molecule has 0 radical (unpaired) electrons. The fourth-order valence-electron chi connectivity index (χ4n) is 3.15. The Hall–Kier alpha value is -2.42. The Morgan fingerprint density at radius 1 is 0.966 bits per heavy atom. The van der Waals surface area contributed by atoms with E-state index in [4.69, 9.17) is 11.6 Å². The second kappa shape index (κ2) is 8.94. The summed E-state index contributed by atoms with van der Waals surface area (Å²) in [5, 5.41) is 2.96. The molecule has 1 atom stereocenters. The molecule has 1 aliphatic heterocycles. The number of benzene rings is 2. The molecule has 0 saturated carbocycles. The smallest absolute Gasteiger partial charge is 0.253 e. The molecular formula is C20H22ClN3O4S. The van der Waals surface area contributed by atoms with Crippen LogP contribution in [0.4, 0.5) is 0 Å². The number of rotatable bonds is 5. The van der Waals surface area contributed by atoms with E-state index >= 15 is 0 Å². The van der Waals surface area contributed by atoms with Gasteiger partial charge in [-0.3, -0.25) is 9.59 Å². The summed E-state index contributed by atoms with van der Waals surface area (Å²) < 4.78 is 26.7. The van der Waals surface area contributed by atoms with E-state index < -0.39 is 22.0 Å². The molecule has 0 spiro atoms. The van der Waals surface area contributed by atoms with Gasteiger partial charge in [-0.05, 0) is 31.2 Å². The first-order valence-corrected chi connectivity index (χ1v) is 11.0. The Kier molecular flexibility index (Phi) is 6.56. The van der Waals surface area contributed by atoms with Gasteiger partial charge in [0.05, 0.1) is 15.5 Å². The molecule has 2 aromatic rings. The van der Waals surface area contributed by atoms with Gasteiger partial charge in [-0.1, -0.05) is 41.9 Å². The molecule has 0 unspecified atom stereocenters. The van der Waals surface area contributed by atoms with Gasteiger partial charge in [-0.2, -0.15) is 4.31 Å². The van der Waals surface area contributed by atoms with Gasteiger partial charge in [-0.25, -0.2) is 8.42 Å². The Labute approximate surface area is 175 Å². The lowest BCUT2D eigenvalue weighted by molar-refractivity contribution is -0.134. The third-order valence-corrected chi connectivity index (χ3v) is 7.01. The predicted molar refractivity (Wildman–Crippen MR) is 110 cm³/mol. The number of nitrogens with zero attached hydrogens (tertiary/aromatic N) is 2. The largest absolute Gasteiger partial charge is 0.340 e. The maximum Gasteiger partial charge on any atom is 0.253 e. The Morgan fingerprint density at radius 2 is 1.55 bits per heavy atom. The van der Waals surface area contributed by atoms with Crippen molar-refractivity contribution in [3.8, 4) is 0 Å². The Morgan fingerprint density at radius 3 is 2.17 bits per heavy atom. The van der Waals surface area contributed by atoms with E-state index in [1.165, 1.54) is 4.31 Å². The summed E-state index contributed by atoms with van der Waals surface area (Å²) in [6.07, 6.45) is 0. The van der Waals surface area contributed by atoms with Gasteiger partial charge < -0.3 is 10.2 Å². The van der Waals surface area contributed by atoms with Gasteiger partial charge in [0.25, 0.3) is 5.91 Å². The van der Waals surface area contributed by atoms with Crippen LogP contribution in [0.1, 0.15) is 17.3 Å². The van der Waals surface area contributed by atoms with Gasteiger partial charge in [0.2, 0.25) is 15.9 Å². The number of hydrogen-bond acceptors (Lipinski definition) is 4. The summed E-state index contributed by atoms with van der Waals surface area (Å²) in [4.78, 5) is 26.8. The van der Waals surface area contributed by atoms with Crippen LogP contribution < -0.4 is 5.32 Å². The molecule has 3 rings (SSSR count). The van der Waals surface area contributed by atoms with Gasteiger partial charge in [-0.15, -0.1) is 0 Å². The van der Waals surface area contributed by atoms with Crippen LogP contribution in [-0.4, -0.2) is 61.7 Å². The number of halogens is 1. The van der Waals surface area contributed by atoms with E-state index in [9.17, 15) is 18.0 Å². The second-order valence-corrected chi connectivity index (χ2v) is 9.06. The van der Waals surface area contributed by atoms with Gasteiger partial charge in [0.15, 0.2) is 0 Å². The number of sulfonamides is 1. The molecule has 1 saturated heterocycles. The fraction of sp³-hybridized carbons (Fsp3) is 0.300. The van der Waals surface area contributed by atoms with E-state index in [0.717, 1.165) is 0 Å². The third-order valence-electron chi connectivity index (χ3n) is 4.77. The normalized spacial score (nSPS) is 16.3. The minimum atomic E-state index is -3.58. The average Bonchev–Trinajstić information content (AvgIpc) is 2.74. The highest BCUT2D eigenvalue weighted by molar-refractivity contribution is 7.89. The molecule has 2 aromatic carbocycles. The summed E-state index contributed by atoms with van der Waals surface area (Å²) >= 11 is 6.02. The summed E-state index contributed by atoms with van der Waals surface area (Å²) in [5.41, 5.74) is 0.299. The zero-order valence-corrected chi connectivity index (χ0v) is 17.5. The molecule has 1 aliphatic rings. The second-order valence-electron chi connectivity index (χ2n) is 6.72. The first kappa shape index (κ1) is 21.3. The van der Waals surface area contributed by atoms with Crippen molar-refractivity contribution in [1.29, 1.82) is 0 Å². The van der Waals surface area contributed by atoms with Crippen molar-refractivity contribution in [3.63, 3.8) is 0 Å². The molecule has 1 heterocycles. The molecular weight excluding hydrogens is 414 g/mol. The summed E-state index contributed by atoms with van der Waals surface area (Å²) in [6.45, 7) is 2.53. The van der Waals surface area contributed by atoms with E-state index in [-0.39, 0.29) is 37.0 Å². The number of piperazine rings is 1. The monoisotopic (exact) mass is 435 g/mol. The van der Waals surface area contributed by atoms with Crippen molar-refractivity contribution < 1.29 is 18.0 Å². The topological polar surface area (TPSA) is 86.8 Å². The van der Waals surface area contributed by atoms with Gasteiger partial charge in [0, 0.05) is 26.2 Å². The minimum absolute atomic E-state index is 0.203. The summed E-state index contributed by atoms with van der Waals surface area (Å²) in [5.74, 6) is -0.691. The van der Waals surface area contributed by atoms with Crippen LogP contribution in [0, 0.1) is 0 Å². The molecule has 0 aliphatic carbocycles. The molecule has 9 heteroatoms. The maximum absolute atomic E-state index is 12.7. The number of hydrogen-bond donors (Lipinski definition) is 1. The maximum atomic E-state index is 12.7. The summed E-state index contributed by atoms with van der Waals surface area (Å²) in [7, 11) is -3.58. The van der Waals surface area contributed by atoms with Crippen LogP contribution in [0.2, 0.25) is 5.02 Å². The minimum Gasteiger partial charge on any atom is -0.340 e. The van der Waals surface area contributed by atoms with Crippen molar-refractivity contribution in [2.45, 2.75) is 17.9 Å². The Balaban J connectivity index is 1.58. The van der Waals surface area contributed by atoms with Crippen molar-refractivity contribution in [2.75, 3.05) is 26.2 Å². The number of carbonyl (C=O) groups excluding carboxylic acids is 2. The van der Waals surface area contributed by atoms with Crippen LogP contribution in [0.5, 0.6) is 0 Å². The SMILES string of the molecule is C[C@H](NC(=O)c1ccccc1Cl)C(=O)N1CCN(S(=O)(=O)c2ccccc2)CC1. The van der Waals surface area contributed by atoms with Crippen LogP contribution in [0.25, 0.3) is 0 Å². The van der Waals surface area contributed by atoms with Crippen LogP contribution in [0.3, 0.4) is 0 Å². The number of nitrogens with one attached hydrogen (secondary N) is 1. The lowest BCUT2D eigenvalue weighted by Gasteiger charge is -2.35. The standard InChI is InChI=1S/C20H22ClN3O4S/c1-15(22-19(25)17-9-5-6-10-18(17)21)20(26)23-11-13-24(14-12-23)29(27,28)16-7-3-2-4-8-16/h2-10,15H,11-14H2,1H3,(H,22,25)/t15-/m0/s1. The van der Waals surface area contributed by atoms with E-state index in [0.29, 0.717) is 10.6 Å². The molecule has 0 aromatic heterocycles. The van der Waals surface area contributed by atoms with Crippen LogP contribution >= 0.6 is 11.6 Å². The third kappa shape index (κ3) is 4.77. The van der Waals surface area contributed by atoms with E-state index in [1.807, 2.05) is 0 Å². The highest BCUT2D eigenvalue weighted by Crippen LogP contribution is 2.18. The molecule has 29 heavy (non-hydrogen) atoms.